The van der Waals surface area contributed by atoms with E-state index in [0.717, 1.165) is 47.2 Å². The minimum absolute atomic E-state index is 0. The fraction of sp³-hybridized carbons (Fsp3) is 0.292. The van der Waals surface area contributed by atoms with E-state index in [0.29, 0.717) is 6.54 Å². The van der Waals surface area contributed by atoms with E-state index < -0.39 is 0 Å². The second-order valence-corrected chi connectivity index (χ2v) is 8.59. The number of hydrogen-bond acceptors (Lipinski definition) is 5. The first-order valence-electron chi connectivity index (χ1n) is 10.2. The minimum Gasteiger partial charge on any atom is -0.497 e. The van der Waals surface area contributed by atoms with Crippen molar-refractivity contribution in [2.24, 2.45) is 0 Å². The van der Waals surface area contributed by atoms with Gasteiger partial charge in [0.05, 0.1) is 12.0 Å². The summed E-state index contributed by atoms with van der Waals surface area (Å²) < 4.78 is 5.18. The van der Waals surface area contributed by atoms with Crippen molar-refractivity contribution >= 4 is 35.3 Å². The molecule has 1 fully saturated rings. The van der Waals surface area contributed by atoms with Crippen molar-refractivity contribution in [2.75, 3.05) is 45.2 Å². The van der Waals surface area contributed by atoms with Gasteiger partial charge in [0.25, 0.3) is 5.91 Å². The quantitative estimate of drug-likeness (QED) is 0.590. The van der Waals surface area contributed by atoms with Crippen molar-refractivity contribution in [1.82, 2.24) is 10.2 Å². The number of carbonyl (C=O) groups excluding carboxylic acids is 1. The molecule has 7 heteroatoms. The van der Waals surface area contributed by atoms with Crippen molar-refractivity contribution in [1.29, 1.82) is 0 Å². The number of anilines is 1. The molecule has 0 spiro atoms. The van der Waals surface area contributed by atoms with Crippen molar-refractivity contribution in [3.63, 3.8) is 0 Å². The fourth-order valence-electron chi connectivity index (χ4n) is 3.62. The van der Waals surface area contributed by atoms with Gasteiger partial charge >= 0.3 is 0 Å². The highest BCUT2D eigenvalue weighted by Gasteiger charge is 2.19. The van der Waals surface area contributed by atoms with E-state index in [-0.39, 0.29) is 18.3 Å². The predicted molar refractivity (Wildman–Crippen MR) is 131 cm³/mol. The summed E-state index contributed by atoms with van der Waals surface area (Å²) in [6.45, 7) is 4.67. The number of nitrogens with zero attached hydrogens (tertiary/aromatic N) is 2. The molecule has 31 heavy (non-hydrogen) atoms. The molecule has 3 aromatic rings. The van der Waals surface area contributed by atoms with E-state index in [1.165, 1.54) is 11.3 Å². The van der Waals surface area contributed by atoms with Gasteiger partial charge < -0.3 is 19.9 Å². The third kappa shape index (κ3) is 5.58. The van der Waals surface area contributed by atoms with E-state index in [1.807, 2.05) is 30.3 Å². The average molecular weight is 458 g/mol. The van der Waals surface area contributed by atoms with Crippen LogP contribution in [-0.2, 0) is 6.54 Å². The standard InChI is InChI=1S/C24H27N3O2S.ClH/c1-26-13-15-27(16-14-26)21-6-4-3-5-20(21)22-11-12-23(30-22)24(28)25-17-18-7-9-19(29-2)10-8-18;/h3-12H,13-17H2,1-2H3,(H,25,28);1H. The molecule has 1 N–H and O–H groups in total. The molecule has 5 nitrogen and oxygen atoms in total. The molecule has 0 radical (unpaired) electrons. The molecule has 1 amide bonds. The Labute approximate surface area is 194 Å². The van der Waals surface area contributed by atoms with Crippen molar-refractivity contribution in [3.05, 3.63) is 71.1 Å². The van der Waals surface area contributed by atoms with Crippen LogP contribution in [0.15, 0.2) is 60.7 Å². The second-order valence-electron chi connectivity index (χ2n) is 7.50. The summed E-state index contributed by atoms with van der Waals surface area (Å²) in [4.78, 5) is 19.3. The van der Waals surface area contributed by atoms with Crippen LogP contribution in [0, 0.1) is 0 Å². The summed E-state index contributed by atoms with van der Waals surface area (Å²) in [5.41, 5.74) is 3.49. The van der Waals surface area contributed by atoms with Crippen LogP contribution >= 0.6 is 23.7 Å². The Bertz CT molecular complexity index is 998. The number of rotatable bonds is 6. The van der Waals surface area contributed by atoms with Crippen LogP contribution < -0.4 is 15.0 Å². The van der Waals surface area contributed by atoms with E-state index in [1.54, 1.807) is 18.4 Å². The zero-order chi connectivity index (χ0) is 20.9. The molecule has 2 aromatic carbocycles. The summed E-state index contributed by atoms with van der Waals surface area (Å²) in [5.74, 6) is 0.770. The first-order chi connectivity index (χ1) is 14.6. The number of piperazine rings is 1. The van der Waals surface area contributed by atoms with E-state index >= 15 is 0 Å². The molecule has 0 saturated carbocycles. The van der Waals surface area contributed by atoms with Gasteiger partial charge in [-0.15, -0.1) is 23.7 Å². The second kappa shape index (κ2) is 10.7. The summed E-state index contributed by atoms with van der Waals surface area (Å²) >= 11 is 1.54. The van der Waals surface area contributed by atoms with Gasteiger partial charge in [0.1, 0.15) is 5.75 Å². The number of carbonyl (C=O) groups is 1. The van der Waals surface area contributed by atoms with Gasteiger partial charge in [-0.05, 0) is 42.9 Å². The predicted octanol–water partition coefficient (Wildman–Crippen LogP) is 4.53. The molecule has 2 heterocycles. The zero-order valence-corrected chi connectivity index (χ0v) is 19.5. The first-order valence-corrected chi connectivity index (χ1v) is 11.0. The smallest absolute Gasteiger partial charge is 0.261 e. The van der Waals surface area contributed by atoms with Crippen LogP contribution in [0.2, 0.25) is 0 Å². The fourth-order valence-corrected chi connectivity index (χ4v) is 4.58. The highest BCUT2D eigenvalue weighted by molar-refractivity contribution is 7.17. The molecule has 4 rings (SSSR count). The maximum absolute atomic E-state index is 12.7. The lowest BCUT2D eigenvalue weighted by Crippen LogP contribution is -2.44. The van der Waals surface area contributed by atoms with E-state index in [9.17, 15) is 4.79 Å². The largest absolute Gasteiger partial charge is 0.497 e. The van der Waals surface area contributed by atoms with Crippen LogP contribution in [0.3, 0.4) is 0 Å². The van der Waals surface area contributed by atoms with Gasteiger partial charge in [-0.3, -0.25) is 4.79 Å². The van der Waals surface area contributed by atoms with Gasteiger partial charge in [-0.25, -0.2) is 0 Å². The Balaban J connectivity index is 0.00000272. The third-order valence-corrected chi connectivity index (χ3v) is 6.57. The Morgan fingerprint density at radius 3 is 2.42 bits per heavy atom. The Morgan fingerprint density at radius 1 is 1.00 bits per heavy atom. The number of ether oxygens (including phenoxy) is 1. The minimum atomic E-state index is -0.0425. The molecule has 0 bridgehead atoms. The maximum Gasteiger partial charge on any atom is 0.261 e. The number of thiophene rings is 1. The molecule has 0 aliphatic carbocycles. The van der Waals surface area contributed by atoms with Gasteiger partial charge in [0, 0.05) is 48.9 Å². The van der Waals surface area contributed by atoms with Gasteiger partial charge in [-0.1, -0.05) is 30.3 Å². The van der Waals surface area contributed by atoms with Crippen LogP contribution in [0.25, 0.3) is 10.4 Å². The lowest BCUT2D eigenvalue weighted by molar-refractivity contribution is 0.0955. The van der Waals surface area contributed by atoms with Gasteiger partial charge in [0.2, 0.25) is 0 Å². The Hall–Kier alpha value is -2.54. The molecular weight excluding hydrogens is 430 g/mol. The molecule has 1 aliphatic rings. The number of methoxy groups -OCH3 is 1. The normalized spacial score (nSPS) is 14.1. The summed E-state index contributed by atoms with van der Waals surface area (Å²) in [7, 11) is 3.81. The number of likely N-dealkylation sites (N-methyl/N-ethyl adjacent to an activating group) is 1. The van der Waals surface area contributed by atoms with Crippen LogP contribution in [0.1, 0.15) is 15.2 Å². The number of para-hydroxylation sites is 1. The number of amides is 1. The maximum atomic E-state index is 12.7. The molecule has 1 aromatic heterocycles. The molecule has 1 saturated heterocycles. The highest BCUT2D eigenvalue weighted by Crippen LogP contribution is 2.35. The Morgan fingerprint density at radius 2 is 1.71 bits per heavy atom. The SMILES string of the molecule is COc1ccc(CNC(=O)c2ccc(-c3ccccc3N3CCN(C)CC3)s2)cc1.Cl. The van der Waals surface area contributed by atoms with Crippen molar-refractivity contribution in [3.8, 4) is 16.2 Å². The summed E-state index contributed by atoms with van der Waals surface area (Å²) in [6, 6.07) is 20.2. The van der Waals surface area contributed by atoms with Gasteiger partial charge in [0.15, 0.2) is 0 Å². The summed E-state index contributed by atoms with van der Waals surface area (Å²) in [6.07, 6.45) is 0. The summed E-state index contributed by atoms with van der Waals surface area (Å²) in [5, 5.41) is 3.02. The number of benzene rings is 2. The molecule has 164 valence electrons. The lowest BCUT2D eigenvalue weighted by Gasteiger charge is -2.35. The molecular formula is C24H28ClN3O2S. The van der Waals surface area contributed by atoms with Crippen LogP contribution in [0.4, 0.5) is 5.69 Å². The van der Waals surface area contributed by atoms with Crippen molar-refractivity contribution < 1.29 is 9.53 Å². The lowest BCUT2D eigenvalue weighted by atomic mass is 10.1. The van der Waals surface area contributed by atoms with E-state index in [4.69, 9.17) is 4.74 Å². The van der Waals surface area contributed by atoms with Gasteiger partial charge in [-0.2, -0.15) is 0 Å². The number of hydrogen-bond donors (Lipinski definition) is 1. The molecule has 0 atom stereocenters. The average Bonchev–Trinajstić information content (AvgIpc) is 3.29. The first kappa shape index (κ1) is 23.1. The van der Waals surface area contributed by atoms with Crippen LogP contribution in [-0.4, -0.2) is 51.1 Å². The van der Waals surface area contributed by atoms with Crippen molar-refractivity contribution in [2.45, 2.75) is 6.54 Å². The van der Waals surface area contributed by atoms with E-state index in [2.05, 4.69) is 52.5 Å². The number of halogens is 1. The monoisotopic (exact) mass is 457 g/mol. The molecule has 0 unspecified atom stereocenters. The molecule has 1 aliphatic heterocycles. The highest BCUT2D eigenvalue weighted by atomic mass is 35.5. The van der Waals surface area contributed by atoms with Crippen LogP contribution in [0.5, 0.6) is 5.75 Å². The Kier molecular flexibility index (Phi) is 7.96. The third-order valence-electron chi connectivity index (χ3n) is 5.46. The zero-order valence-electron chi connectivity index (χ0n) is 17.8. The topological polar surface area (TPSA) is 44.8 Å². The number of nitrogens with one attached hydrogen (secondary N) is 1.